The molecule has 27 heavy (non-hydrogen) atoms. The Bertz CT molecular complexity index is 769. The van der Waals surface area contributed by atoms with Crippen LogP contribution < -0.4 is 10.6 Å². The minimum atomic E-state index is -0.545. The van der Waals surface area contributed by atoms with Gasteiger partial charge in [-0.2, -0.15) is 5.26 Å². The number of carbonyl (C=O) groups excluding carboxylic acids is 3. The molecule has 1 fully saturated rings. The molecule has 0 bridgehead atoms. The van der Waals surface area contributed by atoms with Crippen LogP contribution in [0.15, 0.2) is 11.1 Å². The van der Waals surface area contributed by atoms with Gasteiger partial charge in [-0.3, -0.25) is 10.1 Å². The van der Waals surface area contributed by atoms with Gasteiger partial charge >= 0.3 is 12.0 Å². The molecule has 0 radical (unpaired) electrons. The standard InChI is InChI=1S/C18H22N4O4S/c1-3-26-17(24)14-8-12(9-19)16(20-11(14)2)27-10-15(23)22-18(25)21-13-6-4-5-7-13/h8,13H,3-7,10H2,1-2H3,(H2,21,22,23,25). The van der Waals surface area contributed by atoms with Crippen LogP contribution >= 0.6 is 11.8 Å². The van der Waals surface area contributed by atoms with Crippen LogP contribution in [0.25, 0.3) is 0 Å². The first-order chi connectivity index (χ1) is 12.9. The van der Waals surface area contributed by atoms with E-state index in [9.17, 15) is 19.6 Å². The van der Waals surface area contributed by atoms with E-state index >= 15 is 0 Å². The molecule has 1 aliphatic carbocycles. The summed E-state index contributed by atoms with van der Waals surface area (Å²) in [5.74, 6) is -1.09. The SMILES string of the molecule is CCOC(=O)c1cc(C#N)c(SCC(=O)NC(=O)NC2CCCC2)nc1C. The Morgan fingerprint density at radius 3 is 2.70 bits per heavy atom. The van der Waals surface area contributed by atoms with Crippen molar-refractivity contribution in [3.8, 4) is 6.07 Å². The third kappa shape index (κ3) is 5.96. The fourth-order valence-corrected chi connectivity index (χ4v) is 3.58. The zero-order chi connectivity index (χ0) is 19.8. The number of carbonyl (C=O) groups is 3. The molecule has 0 spiro atoms. The molecule has 3 amide bonds. The maximum Gasteiger partial charge on any atom is 0.340 e. The number of nitrogens with zero attached hydrogens (tertiary/aromatic N) is 2. The summed E-state index contributed by atoms with van der Waals surface area (Å²) in [5.41, 5.74) is 0.810. The van der Waals surface area contributed by atoms with Crippen molar-refractivity contribution in [2.45, 2.75) is 50.6 Å². The quantitative estimate of drug-likeness (QED) is 0.564. The number of esters is 1. The number of thioether (sulfide) groups is 1. The number of amides is 3. The van der Waals surface area contributed by atoms with Crippen LogP contribution in [-0.4, -0.2) is 41.3 Å². The molecule has 0 saturated heterocycles. The third-order valence-corrected chi connectivity index (χ3v) is 5.07. The molecule has 9 heteroatoms. The van der Waals surface area contributed by atoms with E-state index in [2.05, 4.69) is 15.6 Å². The van der Waals surface area contributed by atoms with Gasteiger partial charge in [0.25, 0.3) is 0 Å². The third-order valence-electron chi connectivity index (χ3n) is 4.08. The Balaban J connectivity index is 1.95. The van der Waals surface area contributed by atoms with Gasteiger partial charge in [0.2, 0.25) is 5.91 Å². The summed E-state index contributed by atoms with van der Waals surface area (Å²) < 4.78 is 4.94. The molecule has 1 saturated carbocycles. The molecule has 1 heterocycles. The highest BCUT2D eigenvalue weighted by Crippen LogP contribution is 2.23. The molecule has 2 rings (SSSR count). The molecule has 144 valence electrons. The van der Waals surface area contributed by atoms with Gasteiger partial charge in [-0.25, -0.2) is 14.6 Å². The summed E-state index contributed by atoms with van der Waals surface area (Å²) in [4.78, 5) is 39.9. The molecule has 0 aliphatic heterocycles. The Kier molecular flexibility index (Phi) is 7.61. The minimum Gasteiger partial charge on any atom is -0.462 e. The molecule has 1 aromatic heterocycles. The summed E-state index contributed by atoms with van der Waals surface area (Å²) >= 11 is 1.03. The second-order valence-electron chi connectivity index (χ2n) is 6.10. The van der Waals surface area contributed by atoms with Crippen LogP contribution in [0.2, 0.25) is 0 Å². The lowest BCUT2D eigenvalue weighted by molar-refractivity contribution is -0.117. The van der Waals surface area contributed by atoms with Gasteiger partial charge in [-0.05, 0) is 32.8 Å². The van der Waals surface area contributed by atoms with Crippen molar-refractivity contribution < 1.29 is 19.1 Å². The van der Waals surface area contributed by atoms with Crippen molar-refractivity contribution in [2.75, 3.05) is 12.4 Å². The highest BCUT2D eigenvalue weighted by atomic mass is 32.2. The summed E-state index contributed by atoms with van der Waals surface area (Å²) in [5, 5.41) is 14.7. The van der Waals surface area contributed by atoms with Crippen LogP contribution in [0.3, 0.4) is 0 Å². The summed E-state index contributed by atoms with van der Waals surface area (Å²) in [6.07, 6.45) is 4.02. The summed E-state index contributed by atoms with van der Waals surface area (Å²) in [7, 11) is 0. The van der Waals surface area contributed by atoms with Gasteiger partial charge in [0.1, 0.15) is 11.1 Å². The monoisotopic (exact) mass is 390 g/mol. The average molecular weight is 390 g/mol. The topological polar surface area (TPSA) is 121 Å². The van der Waals surface area contributed by atoms with Crippen molar-refractivity contribution in [3.05, 3.63) is 22.9 Å². The molecule has 1 aromatic rings. The number of hydrogen-bond acceptors (Lipinski definition) is 7. The van der Waals surface area contributed by atoms with E-state index in [1.165, 1.54) is 6.07 Å². The van der Waals surface area contributed by atoms with E-state index in [-0.39, 0.29) is 29.5 Å². The largest absolute Gasteiger partial charge is 0.462 e. The molecule has 0 atom stereocenters. The van der Waals surface area contributed by atoms with Crippen molar-refractivity contribution >= 4 is 29.7 Å². The smallest absolute Gasteiger partial charge is 0.340 e. The summed E-state index contributed by atoms with van der Waals surface area (Å²) in [6.45, 7) is 3.55. The van der Waals surface area contributed by atoms with Crippen LogP contribution in [0.1, 0.15) is 54.2 Å². The molecule has 1 aliphatic rings. The van der Waals surface area contributed by atoms with Crippen molar-refractivity contribution in [1.29, 1.82) is 5.26 Å². The number of nitrogens with one attached hydrogen (secondary N) is 2. The maximum absolute atomic E-state index is 12.0. The number of rotatable bonds is 6. The Labute approximate surface area is 162 Å². The Morgan fingerprint density at radius 1 is 1.37 bits per heavy atom. The highest BCUT2D eigenvalue weighted by molar-refractivity contribution is 8.00. The minimum absolute atomic E-state index is 0.0715. The van der Waals surface area contributed by atoms with E-state index in [1.807, 2.05) is 6.07 Å². The van der Waals surface area contributed by atoms with Crippen molar-refractivity contribution in [1.82, 2.24) is 15.6 Å². The lowest BCUT2D eigenvalue weighted by Crippen LogP contribution is -2.44. The predicted molar refractivity (Wildman–Crippen MR) is 99.3 cm³/mol. The maximum atomic E-state index is 12.0. The van der Waals surface area contributed by atoms with Crippen LogP contribution in [0, 0.1) is 18.3 Å². The molecule has 2 N–H and O–H groups in total. The van der Waals surface area contributed by atoms with Crippen LogP contribution in [0.5, 0.6) is 0 Å². The number of aromatic nitrogens is 1. The number of pyridine rings is 1. The normalized spacial score (nSPS) is 13.7. The second kappa shape index (κ2) is 9.92. The van der Waals surface area contributed by atoms with Gasteiger partial charge in [-0.1, -0.05) is 24.6 Å². The highest BCUT2D eigenvalue weighted by Gasteiger charge is 2.20. The van der Waals surface area contributed by atoms with Gasteiger partial charge < -0.3 is 10.1 Å². The zero-order valence-electron chi connectivity index (χ0n) is 15.3. The van der Waals surface area contributed by atoms with Gasteiger partial charge in [-0.15, -0.1) is 0 Å². The average Bonchev–Trinajstić information content (AvgIpc) is 3.12. The predicted octanol–water partition coefficient (Wildman–Crippen LogP) is 2.30. The number of ether oxygens (including phenoxy) is 1. The first-order valence-electron chi connectivity index (χ1n) is 8.76. The Hall–Kier alpha value is -2.60. The van der Waals surface area contributed by atoms with Gasteiger partial charge in [0.05, 0.1) is 29.2 Å². The van der Waals surface area contributed by atoms with Gasteiger partial charge in [0.15, 0.2) is 0 Å². The molecule has 0 unspecified atom stereocenters. The zero-order valence-corrected chi connectivity index (χ0v) is 16.1. The molecular weight excluding hydrogens is 368 g/mol. The van der Waals surface area contributed by atoms with Crippen molar-refractivity contribution in [3.63, 3.8) is 0 Å². The molecule has 0 aromatic carbocycles. The van der Waals surface area contributed by atoms with E-state index < -0.39 is 17.9 Å². The van der Waals surface area contributed by atoms with Gasteiger partial charge in [0, 0.05) is 6.04 Å². The number of nitriles is 1. The van der Waals surface area contributed by atoms with E-state index in [0.717, 1.165) is 37.4 Å². The molecular formula is C18H22N4O4S. The first kappa shape index (κ1) is 20.7. The Morgan fingerprint density at radius 2 is 2.07 bits per heavy atom. The van der Waals surface area contributed by atoms with Crippen LogP contribution in [-0.2, 0) is 9.53 Å². The number of aryl methyl sites for hydroxylation is 1. The number of imide groups is 1. The first-order valence-corrected chi connectivity index (χ1v) is 9.75. The lowest BCUT2D eigenvalue weighted by atomic mass is 10.1. The second-order valence-corrected chi connectivity index (χ2v) is 7.06. The van der Waals surface area contributed by atoms with E-state index in [0.29, 0.717) is 10.7 Å². The number of hydrogen-bond donors (Lipinski definition) is 2. The fraction of sp³-hybridized carbons (Fsp3) is 0.500. The fourth-order valence-electron chi connectivity index (χ4n) is 2.78. The number of urea groups is 1. The molecule has 8 nitrogen and oxygen atoms in total. The lowest BCUT2D eigenvalue weighted by Gasteiger charge is -2.12. The van der Waals surface area contributed by atoms with Crippen molar-refractivity contribution in [2.24, 2.45) is 0 Å². The summed E-state index contributed by atoms with van der Waals surface area (Å²) in [6, 6.07) is 3.00. The van der Waals surface area contributed by atoms with E-state index in [4.69, 9.17) is 4.74 Å². The van der Waals surface area contributed by atoms with E-state index in [1.54, 1.807) is 13.8 Å². The van der Waals surface area contributed by atoms with Crippen LogP contribution in [0.4, 0.5) is 4.79 Å².